The zero-order valence-electron chi connectivity index (χ0n) is 14.3. The molecule has 4 heteroatoms. The molecule has 25 heavy (non-hydrogen) atoms. The highest BCUT2D eigenvalue weighted by Gasteiger charge is 2.19. The first kappa shape index (κ1) is 18.4. The third kappa shape index (κ3) is 5.27. The first-order valence-corrected chi connectivity index (χ1v) is 10.3. The lowest BCUT2D eigenvalue weighted by atomic mass is 10.1. The van der Waals surface area contributed by atoms with E-state index >= 15 is 0 Å². The lowest BCUT2D eigenvalue weighted by Gasteiger charge is -2.20. The highest BCUT2D eigenvalue weighted by Crippen LogP contribution is 2.39. The third-order valence-corrected chi connectivity index (χ3v) is 6.42. The largest absolute Gasteiger partial charge is 0.241 e. The average Bonchev–Trinajstić information content (AvgIpc) is 2.63. The van der Waals surface area contributed by atoms with Gasteiger partial charge in [-0.1, -0.05) is 58.9 Å². The molecular formula is C21H20ClNS2. The molecule has 1 aliphatic rings. The van der Waals surface area contributed by atoms with Crippen LogP contribution in [0.3, 0.4) is 0 Å². The van der Waals surface area contributed by atoms with Crippen molar-refractivity contribution in [3.63, 3.8) is 0 Å². The molecule has 0 N–H and O–H groups in total. The number of allylic oxidation sites excluding steroid dienone is 2. The van der Waals surface area contributed by atoms with Crippen molar-refractivity contribution in [2.45, 2.75) is 31.6 Å². The summed E-state index contributed by atoms with van der Waals surface area (Å²) in [4.78, 5) is 7.57. The quantitative estimate of drug-likeness (QED) is 0.498. The van der Waals surface area contributed by atoms with E-state index in [1.54, 1.807) is 23.5 Å². The van der Waals surface area contributed by atoms with Crippen LogP contribution < -0.4 is 0 Å². The van der Waals surface area contributed by atoms with Gasteiger partial charge in [0.1, 0.15) is 5.04 Å². The van der Waals surface area contributed by atoms with Gasteiger partial charge >= 0.3 is 0 Å². The van der Waals surface area contributed by atoms with Gasteiger partial charge in [-0.3, -0.25) is 0 Å². The van der Waals surface area contributed by atoms with E-state index in [2.05, 4.69) is 43.5 Å². The second-order valence-electron chi connectivity index (χ2n) is 5.99. The van der Waals surface area contributed by atoms with Crippen LogP contribution in [0.4, 0.5) is 5.69 Å². The maximum absolute atomic E-state index is 5.99. The molecule has 2 aromatic rings. The van der Waals surface area contributed by atoms with Crippen LogP contribution in [0.2, 0.25) is 5.02 Å². The van der Waals surface area contributed by atoms with Gasteiger partial charge in [0.05, 0.1) is 5.69 Å². The molecule has 2 aromatic carbocycles. The Balaban J connectivity index is 1.89. The van der Waals surface area contributed by atoms with Crippen molar-refractivity contribution >= 4 is 45.9 Å². The number of benzene rings is 2. The van der Waals surface area contributed by atoms with Gasteiger partial charge in [-0.15, -0.1) is 0 Å². The third-order valence-electron chi connectivity index (χ3n) is 3.81. The van der Waals surface area contributed by atoms with Crippen LogP contribution in [0.1, 0.15) is 26.7 Å². The molecule has 0 aliphatic carbocycles. The molecule has 0 spiro atoms. The van der Waals surface area contributed by atoms with Crippen LogP contribution in [-0.2, 0) is 0 Å². The summed E-state index contributed by atoms with van der Waals surface area (Å²) in [6.45, 7) is 4.35. The van der Waals surface area contributed by atoms with Crippen LogP contribution in [0.15, 0.2) is 85.9 Å². The summed E-state index contributed by atoms with van der Waals surface area (Å²) in [6.07, 6.45) is 2.12. The van der Waals surface area contributed by atoms with Crippen molar-refractivity contribution in [1.82, 2.24) is 0 Å². The summed E-state index contributed by atoms with van der Waals surface area (Å²) in [5, 5.41) is 4.08. The second kappa shape index (κ2) is 8.79. The SMILES string of the molecule is CC(C)=C1CCC(=C\Sc2ccccc2)/C(=N/c2ccc(Cl)cc2)S1. The van der Waals surface area contributed by atoms with E-state index in [0.717, 1.165) is 28.6 Å². The smallest absolute Gasteiger partial charge is 0.105 e. The Morgan fingerprint density at radius 3 is 2.44 bits per heavy atom. The van der Waals surface area contributed by atoms with E-state index in [-0.39, 0.29) is 0 Å². The van der Waals surface area contributed by atoms with Crippen molar-refractivity contribution < 1.29 is 0 Å². The Morgan fingerprint density at radius 2 is 1.76 bits per heavy atom. The van der Waals surface area contributed by atoms with Crippen LogP contribution in [-0.4, -0.2) is 5.04 Å². The topological polar surface area (TPSA) is 12.4 Å². The molecule has 0 saturated carbocycles. The van der Waals surface area contributed by atoms with Gasteiger partial charge in [-0.2, -0.15) is 0 Å². The summed E-state index contributed by atoms with van der Waals surface area (Å²) >= 11 is 9.55. The highest BCUT2D eigenvalue weighted by molar-refractivity contribution is 8.17. The average molecular weight is 386 g/mol. The van der Waals surface area contributed by atoms with Crippen molar-refractivity contribution in [3.8, 4) is 0 Å². The summed E-state index contributed by atoms with van der Waals surface area (Å²) in [7, 11) is 0. The molecule has 0 amide bonds. The first-order valence-electron chi connectivity index (χ1n) is 8.21. The normalized spacial score (nSPS) is 18.0. The number of halogens is 1. The van der Waals surface area contributed by atoms with E-state index in [1.807, 2.05) is 30.3 Å². The number of hydrogen-bond donors (Lipinski definition) is 0. The minimum absolute atomic E-state index is 0.737. The maximum atomic E-state index is 5.99. The van der Waals surface area contributed by atoms with Crippen LogP contribution in [0.25, 0.3) is 0 Å². The summed E-state index contributed by atoms with van der Waals surface area (Å²) in [6, 6.07) is 18.2. The molecule has 0 aromatic heterocycles. The zero-order valence-corrected chi connectivity index (χ0v) is 16.7. The Bertz CT molecular complexity index is 817. The summed E-state index contributed by atoms with van der Waals surface area (Å²) in [5.41, 5.74) is 3.62. The Kier molecular flexibility index (Phi) is 6.46. The fourth-order valence-corrected chi connectivity index (χ4v) is 4.52. The van der Waals surface area contributed by atoms with Gasteiger partial charge in [0, 0.05) is 9.92 Å². The number of rotatable bonds is 3. The molecule has 0 unspecified atom stereocenters. The van der Waals surface area contributed by atoms with E-state index in [0.29, 0.717) is 0 Å². The predicted molar refractivity (Wildman–Crippen MR) is 114 cm³/mol. The predicted octanol–water partition coefficient (Wildman–Crippen LogP) is 7.87. The van der Waals surface area contributed by atoms with E-state index < -0.39 is 0 Å². The van der Waals surface area contributed by atoms with Gasteiger partial charge in [-0.25, -0.2) is 4.99 Å². The summed E-state index contributed by atoms with van der Waals surface area (Å²) < 4.78 is 0. The first-order chi connectivity index (χ1) is 12.1. The van der Waals surface area contributed by atoms with Crippen LogP contribution in [0.5, 0.6) is 0 Å². The Hall–Kier alpha value is -1.42. The van der Waals surface area contributed by atoms with Crippen LogP contribution >= 0.6 is 35.1 Å². The standard InChI is InChI=1S/C21H20ClNS2/c1-15(2)20-13-8-16(14-24-19-6-4-3-5-7-19)21(25-20)23-18-11-9-17(22)10-12-18/h3-7,9-12,14H,8,13H2,1-2H3/b16-14+,23-21-. The molecular weight excluding hydrogens is 366 g/mol. The van der Waals surface area contributed by atoms with Gasteiger partial charge in [-0.05, 0) is 79.0 Å². The second-order valence-corrected chi connectivity index (χ2v) is 8.46. The Labute approximate surface area is 163 Å². The highest BCUT2D eigenvalue weighted by atomic mass is 35.5. The molecule has 0 bridgehead atoms. The molecule has 1 nitrogen and oxygen atoms in total. The van der Waals surface area contributed by atoms with E-state index in [4.69, 9.17) is 16.6 Å². The lowest BCUT2D eigenvalue weighted by Crippen LogP contribution is -2.06. The fourth-order valence-electron chi connectivity index (χ4n) is 2.42. The minimum Gasteiger partial charge on any atom is -0.241 e. The van der Waals surface area contributed by atoms with Gasteiger partial charge < -0.3 is 0 Å². The maximum Gasteiger partial charge on any atom is 0.105 e. The number of nitrogens with zero attached hydrogens (tertiary/aromatic N) is 1. The lowest BCUT2D eigenvalue weighted by molar-refractivity contribution is 0.988. The van der Waals surface area contributed by atoms with Crippen molar-refractivity contribution in [2.24, 2.45) is 4.99 Å². The molecule has 3 rings (SSSR count). The molecule has 0 atom stereocenters. The Morgan fingerprint density at radius 1 is 1.04 bits per heavy atom. The number of thioether (sulfide) groups is 2. The molecule has 1 heterocycles. The van der Waals surface area contributed by atoms with Crippen molar-refractivity contribution in [1.29, 1.82) is 0 Å². The minimum atomic E-state index is 0.737. The van der Waals surface area contributed by atoms with Gasteiger partial charge in [0.15, 0.2) is 0 Å². The molecule has 1 fully saturated rings. The fraction of sp³-hybridized carbons (Fsp3) is 0.190. The number of hydrogen-bond acceptors (Lipinski definition) is 3. The molecule has 1 aliphatic heterocycles. The van der Waals surface area contributed by atoms with Crippen molar-refractivity contribution in [3.05, 3.63) is 81.1 Å². The van der Waals surface area contributed by atoms with E-state index in [1.165, 1.54) is 20.9 Å². The zero-order chi connectivity index (χ0) is 17.6. The molecule has 0 radical (unpaired) electrons. The monoisotopic (exact) mass is 385 g/mol. The number of aliphatic imine (C=N–C) groups is 1. The molecule has 128 valence electrons. The molecule has 1 saturated heterocycles. The van der Waals surface area contributed by atoms with Crippen LogP contribution in [0, 0.1) is 0 Å². The summed E-state index contributed by atoms with van der Waals surface area (Å²) in [5.74, 6) is 0. The van der Waals surface area contributed by atoms with Gasteiger partial charge in [0.25, 0.3) is 0 Å². The van der Waals surface area contributed by atoms with Gasteiger partial charge in [0.2, 0.25) is 0 Å². The van der Waals surface area contributed by atoms with E-state index in [9.17, 15) is 0 Å². The van der Waals surface area contributed by atoms with Crippen molar-refractivity contribution in [2.75, 3.05) is 0 Å².